The van der Waals surface area contributed by atoms with Crippen LogP contribution in [-0.4, -0.2) is 71.7 Å². The molecule has 1 aromatic rings. The van der Waals surface area contributed by atoms with Crippen molar-refractivity contribution in [3.63, 3.8) is 0 Å². The van der Waals surface area contributed by atoms with E-state index in [1.54, 1.807) is 9.80 Å². The fraction of sp³-hybridized carbons (Fsp3) is 0.550. The van der Waals surface area contributed by atoms with Crippen molar-refractivity contribution in [3.8, 4) is 0 Å². The van der Waals surface area contributed by atoms with Crippen LogP contribution in [-0.2, 0) is 9.59 Å². The molecule has 3 aliphatic rings. The van der Waals surface area contributed by atoms with E-state index in [1.807, 2.05) is 4.90 Å². The fourth-order valence-corrected chi connectivity index (χ4v) is 5.00. The van der Waals surface area contributed by atoms with Gasteiger partial charge in [0, 0.05) is 57.1 Å². The van der Waals surface area contributed by atoms with E-state index in [4.69, 9.17) is 11.6 Å². The Kier molecular flexibility index (Phi) is 4.81. The van der Waals surface area contributed by atoms with Crippen LogP contribution in [0.3, 0.4) is 0 Å². The predicted octanol–water partition coefficient (Wildman–Crippen LogP) is 2.02. The lowest BCUT2D eigenvalue weighted by molar-refractivity contribution is -0.141. The molecule has 0 N–H and O–H groups in total. The molecule has 1 aromatic carbocycles. The van der Waals surface area contributed by atoms with E-state index >= 15 is 0 Å². The molecular weight excluding hydrogens is 385 g/mol. The zero-order valence-electron chi connectivity index (χ0n) is 15.8. The van der Waals surface area contributed by atoms with Crippen LogP contribution >= 0.6 is 11.6 Å². The lowest BCUT2D eigenvalue weighted by Crippen LogP contribution is -2.49. The second-order valence-corrected chi connectivity index (χ2v) is 8.50. The van der Waals surface area contributed by atoms with Crippen molar-refractivity contribution in [1.29, 1.82) is 0 Å². The summed E-state index contributed by atoms with van der Waals surface area (Å²) in [4.78, 5) is 43.4. The molecule has 0 unspecified atom stereocenters. The zero-order valence-corrected chi connectivity index (χ0v) is 16.5. The van der Waals surface area contributed by atoms with Crippen LogP contribution in [0, 0.1) is 17.2 Å². The Balaban J connectivity index is 1.63. The maximum atomic E-state index is 14.2. The number of carbonyl (C=O) groups excluding carboxylic acids is 3. The summed E-state index contributed by atoms with van der Waals surface area (Å²) >= 11 is 5.94. The molecule has 0 bridgehead atoms. The molecule has 0 saturated carbocycles. The number of carbonyl (C=O) groups is 3. The van der Waals surface area contributed by atoms with Crippen molar-refractivity contribution in [1.82, 2.24) is 14.7 Å². The standard InChI is InChI=1S/C20H23ClFN3O3/c1-13(26)24-9-14-10-25(18(27)16-8-15(21)4-5-17(16)22)12-20(14,11-24)19(28)23-6-2-3-7-23/h4-5,8,14H,2-3,6-7,9-12H2,1H3/t14-,20-/m0/s1. The second-order valence-electron chi connectivity index (χ2n) is 8.06. The van der Waals surface area contributed by atoms with Gasteiger partial charge in [-0.3, -0.25) is 14.4 Å². The molecule has 8 heteroatoms. The third-order valence-electron chi connectivity index (χ3n) is 6.32. The van der Waals surface area contributed by atoms with Gasteiger partial charge in [0.25, 0.3) is 5.91 Å². The third-order valence-corrected chi connectivity index (χ3v) is 6.55. The van der Waals surface area contributed by atoms with E-state index in [-0.39, 0.29) is 34.9 Å². The first-order valence-electron chi connectivity index (χ1n) is 9.61. The van der Waals surface area contributed by atoms with Gasteiger partial charge in [-0.2, -0.15) is 0 Å². The van der Waals surface area contributed by atoms with Crippen molar-refractivity contribution in [2.45, 2.75) is 19.8 Å². The highest BCUT2D eigenvalue weighted by Gasteiger charge is 2.59. The average Bonchev–Trinajstić information content (AvgIpc) is 3.37. The summed E-state index contributed by atoms with van der Waals surface area (Å²) in [5, 5.41) is 0.287. The first kappa shape index (κ1) is 19.2. The largest absolute Gasteiger partial charge is 0.342 e. The summed E-state index contributed by atoms with van der Waals surface area (Å²) in [6.07, 6.45) is 1.94. The highest BCUT2D eigenvalue weighted by atomic mass is 35.5. The number of benzene rings is 1. The Labute approximate surface area is 168 Å². The van der Waals surface area contributed by atoms with Crippen molar-refractivity contribution in [3.05, 3.63) is 34.6 Å². The van der Waals surface area contributed by atoms with Gasteiger partial charge < -0.3 is 14.7 Å². The van der Waals surface area contributed by atoms with E-state index in [0.717, 1.165) is 12.8 Å². The van der Waals surface area contributed by atoms with E-state index in [9.17, 15) is 18.8 Å². The van der Waals surface area contributed by atoms with E-state index in [1.165, 1.54) is 25.1 Å². The third kappa shape index (κ3) is 3.05. The highest BCUT2D eigenvalue weighted by molar-refractivity contribution is 6.31. The molecule has 3 amide bonds. The zero-order chi connectivity index (χ0) is 20.1. The Bertz CT molecular complexity index is 842. The fourth-order valence-electron chi connectivity index (χ4n) is 4.83. The molecule has 6 nitrogen and oxygen atoms in total. The van der Waals surface area contributed by atoms with E-state index in [2.05, 4.69) is 0 Å². The highest BCUT2D eigenvalue weighted by Crippen LogP contribution is 2.45. The predicted molar refractivity (Wildman–Crippen MR) is 101 cm³/mol. The molecule has 3 aliphatic heterocycles. The smallest absolute Gasteiger partial charge is 0.256 e. The topological polar surface area (TPSA) is 60.9 Å². The number of halogens is 2. The minimum Gasteiger partial charge on any atom is -0.342 e. The second kappa shape index (κ2) is 7.03. The van der Waals surface area contributed by atoms with Gasteiger partial charge in [-0.25, -0.2) is 4.39 Å². The Hall–Kier alpha value is -2.15. The van der Waals surface area contributed by atoms with Crippen molar-refractivity contribution in [2.75, 3.05) is 39.3 Å². The molecule has 3 fully saturated rings. The Morgan fingerprint density at radius 1 is 1.07 bits per heavy atom. The molecule has 0 spiro atoms. The molecular formula is C20H23ClFN3O3. The average molecular weight is 408 g/mol. The number of likely N-dealkylation sites (tertiary alicyclic amines) is 3. The van der Waals surface area contributed by atoms with Gasteiger partial charge in [-0.15, -0.1) is 0 Å². The van der Waals surface area contributed by atoms with Crippen LogP contribution in [0.25, 0.3) is 0 Å². The summed E-state index contributed by atoms with van der Waals surface area (Å²) in [5.74, 6) is -1.29. The molecule has 3 saturated heterocycles. The summed E-state index contributed by atoms with van der Waals surface area (Å²) < 4.78 is 14.2. The number of fused-ring (bicyclic) bond motifs is 1. The monoisotopic (exact) mass is 407 g/mol. The van der Waals surface area contributed by atoms with Crippen molar-refractivity contribution in [2.24, 2.45) is 11.3 Å². The van der Waals surface area contributed by atoms with Crippen LogP contribution < -0.4 is 0 Å². The normalized spacial score (nSPS) is 26.7. The Morgan fingerprint density at radius 3 is 2.39 bits per heavy atom. The summed E-state index contributed by atoms with van der Waals surface area (Å²) in [6, 6.07) is 3.90. The van der Waals surface area contributed by atoms with Crippen LogP contribution in [0.5, 0.6) is 0 Å². The lowest BCUT2D eigenvalue weighted by Gasteiger charge is -2.32. The lowest BCUT2D eigenvalue weighted by atomic mass is 9.79. The Morgan fingerprint density at radius 2 is 1.71 bits per heavy atom. The summed E-state index contributed by atoms with van der Waals surface area (Å²) in [7, 11) is 0. The van der Waals surface area contributed by atoms with Gasteiger partial charge in [0.15, 0.2) is 0 Å². The van der Waals surface area contributed by atoms with Gasteiger partial charge in [0.1, 0.15) is 5.82 Å². The summed E-state index contributed by atoms with van der Waals surface area (Å²) in [6.45, 7) is 4.20. The molecule has 3 heterocycles. The minimum absolute atomic E-state index is 0.0145. The molecule has 4 rings (SSSR count). The first-order chi connectivity index (χ1) is 13.3. The first-order valence-corrected chi connectivity index (χ1v) is 9.99. The number of hydrogen-bond acceptors (Lipinski definition) is 3. The minimum atomic E-state index is -0.805. The van der Waals surface area contributed by atoms with Crippen LogP contribution in [0.15, 0.2) is 18.2 Å². The summed E-state index contributed by atoms with van der Waals surface area (Å²) in [5.41, 5.74) is -0.888. The van der Waals surface area contributed by atoms with Gasteiger partial charge >= 0.3 is 0 Å². The molecule has 28 heavy (non-hydrogen) atoms. The molecule has 150 valence electrons. The van der Waals surface area contributed by atoms with Crippen molar-refractivity contribution >= 4 is 29.3 Å². The molecule has 0 radical (unpaired) electrons. The van der Waals surface area contributed by atoms with Gasteiger partial charge in [-0.05, 0) is 31.0 Å². The number of amides is 3. The van der Waals surface area contributed by atoms with E-state index < -0.39 is 17.1 Å². The number of rotatable bonds is 2. The van der Waals surface area contributed by atoms with Crippen LogP contribution in [0.4, 0.5) is 4.39 Å². The van der Waals surface area contributed by atoms with Crippen LogP contribution in [0.1, 0.15) is 30.1 Å². The SMILES string of the molecule is CC(=O)N1C[C@H]2CN(C(=O)c3cc(Cl)ccc3F)C[C@@]2(C(=O)N2CCCC2)C1. The van der Waals surface area contributed by atoms with Crippen molar-refractivity contribution < 1.29 is 18.8 Å². The van der Waals surface area contributed by atoms with Gasteiger partial charge in [0.05, 0.1) is 11.0 Å². The number of nitrogens with zero attached hydrogens (tertiary/aromatic N) is 3. The maximum Gasteiger partial charge on any atom is 0.256 e. The quantitative estimate of drug-likeness (QED) is 0.753. The van der Waals surface area contributed by atoms with Gasteiger partial charge in [-0.1, -0.05) is 11.6 Å². The maximum absolute atomic E-state index is 14.2. The molecule has 2 atom stereocenters. The number of hydrogen-bond donors (Lipinski definition) is 0. The van der Waals surface area contributed by atoms with Crippen LogP contribution in [0.2, 0.25) is 5.02 Å². The molecule has 0 aliphatic carbocycles. The van der Waals surface area contributed by atoms with Gasteiger partial charge in [0.2, 0.25) is 11.8 Å². The van der Waals surface area contributed by atoms with E-state index in [0.29, 0.717) is 32.7 Å². The molecule has 0 aromatic heterocycles.